The number of carboxylic acids is 1. The number of amides is 1. The second-order valence-electron chi connectivity index (χ2n) is 4.49. The van der Waals surface area contributed by atoms with Gasteiger partial charge in [-0.05, 0) is 36.8 Å². The fourth-order valence-corrected chi connectivity index (χ4v) is 1.87. The van der Waals surface area contributed by atoms with Gasteiger partial charge < -0.3 is 10.4 Å². The van der Waals surface area contributed by atoms with Crippen molar-refractivity contribution in [2.75, 3.05) is 0 Å². The molecule has 1 amide bonds. The van der Waals surface area contributed by atoms with Crippen molar-refractivity contribution in [3.8, 4) is 0 Å². The summed E-state index contributed by atoms with van der Waals surface area (Å²) in [5.74, 6) is -1.23. The molecule has 102 valence electrons. The molecule has 4 nitrogen and oxygen atoms in total. The van der Waals surface area contributed by atoms with Gasteiger partial charge in [-0.3, -0.25) is 4.79 Å². The maximum absolute atomic E-state index is 12.1. The number of carboxylic acid groups (broad SMARTS) is 1. The van der Waals surface area contributed by atoms with Gasteiger partial charge in [0, 0.05) is 5.56 Å². The molecule has 2 N–H and O–H groups in total. The average Bonchev–Trinajstić information content (AvgIpc) is 2.48. The van der Waals surface area contributed by atoms with Crippen molar-refractivity contribution >= 4 is 11.9 Å². The number of carbonyl (C=O) groups is 2. The van der Waals surface area contributed by atoms with Gasteiger partial charge in [0.2, 0.25) is 0 Å². The molecule has 1 unspecified atom stereocenters. The van der Waals surface area contributed by atoms with Gasteiger partial charge in [0.1, 0.15) is 0 Å². The Labute approximate surface area is 117 Å². The molecular weight excluding hydrogens is 254 g/mol. The molecule has 0 heterocycles. The summed E-state index contributed by atoms with van der Waals surface area (Å²) in [6, 6.07) is 15.4. The molecule has 0 fully saturated rings. The second-order valence-corrected chi connectivity index (χ2v) is 4.49. The number of hydrogen-bond acceptors (Lipinski definition) is 2. The molecule has 20 heavy (non-hydrogen) atoms. The predicted octanol–water partition coefficient (Wildman–Crippen LogP) is 2.88. The van der Waals surface area contributed by atoms with Crippen LogP contribution in [0.4, 0.5) is 0 Å². The number of nitrogens with one attached hydrogen (secondary N) is 1. The van der Waals surface area contributed by atoms with E-state index in [-0.39, 0.29) is 17.5 Å². The Hall–Kier alpha value is -2.62. The van der Waals surface area contributed by atoms with Crippen LogP contribution in [0.2, 0.25) is 0 Å². The third kappa shape index (κ3) is 3.23. The highest BCUT2D eigenvalue weighted by molar-refractivity contribution is 5.96. The Morgan fingerprint density at radius 1 is 0.950 bits per heavy atom. The Balaban J connectivity index is 2.06. The lowest BCUT2D eigenvalue weighted by atomic mass is 10.1. The van der Waals surface area contributed by atoms with Gasteiger partial charge in [0.25, 0.3) is 5.91 Å². The first-order chi connectivity index (χ1) is 9.58. The number of benzene rings is 2. The summed E-state index contributed by atoms with van der Waals surface area (Å²) in [5, 5.41) is 11.7. The summed E-state index contributed by atoms with van der Waals surface area (Å²) in [4.78, 5) is 22.8. The Morgan fingerprint density at radius 2 is 1.50 bits per heavy atom. The molecule has 0 spiro atoms. The van der Waals surface area contributed by atoms with Crippen molar-refractivity contribution in [3.63, 3.8) is 0 Å². The van der Waals surface area contributed by atoms with Crippen LogP contribution in [0, 0.1) is 0 Å². The van der Waals surface area contributed by atoms with Crippen LogP contribution in [0.1, 0.15) is 39.2 Å². The summed E-state index contributed by atoms with van der Waals surface area (Å²) in [5.41, 5.74) is 1.62. The number of carbonyl (C=O) groups excluding carboxylic acids is 1. The van der Waals surface area contributed by atoms with E-state index in [0.29, 0.717) is 5.56 Å². The lowest BCUT2D eigenvalue weighted by molar-refractivity contribution is 0.0696. The van der Waals surface area contributed by atoms with Crippen LogP contribution in [0.15, 0.2) is 54.6 Å². The minimum absolute atomic E-state index is 0.108. The van der Waals surface area contributed by atoms with Crippen molar-refractivity contribution in [3.05, 3.63) is 71.3 Å². The number of rotatable bonds is 4. The van der Waals surface area contributed by atoms with Crippen LogP contribution in [-0.2, 0) is 0 Å². The fraction of sp³-hybridized carbons (Fsp3) is 0.125. The summed E-state index contributed by atoms with van der Waals surface area (Å²) in [6.45, 7) is 1.90. The molecule has 0 saturated heterocycles. The summed E-state index contributed by atoms with van der Waals surface area (Å²) < 4.78 is 0. The zero-order chi connectivity index (χ0) is 14.5. The van der Waals surface area contributed by atoms with E-state index in [1.165, 1.54) is 24.3 Å². The van der Waals surface area contributed by atoms with E-state index >= 15 is 0 Å². The molecular formula is C16H15NO3. The zero-order valence-electron chi connectivity index (χ0n) is 11.0. The first-order valence-corrected chi connectivity index (χ1v) is 6.27. The topological polar surface area (TPSA) is 66.4 Å². The van der Waals surface area contributed by atoms with Gasteiger partial charge in [0.15, 0.2) is 0 Å². The van der Waals surface area contributed by atoms with E-state index in [1.807, 2.05) is 37.3 Å². The summed E-state index contributed by atoms with van der Waals surface area (Å²) >= 11 is 0. The van der Waals surface area contributed by atoms with Gasteiger partial charge in [-0.15, -0.1) is 0 Å². The van der Waals surface area contributed by atoms with Crippen LogP contribution in [0.25, 0.3) is 0 Å². The molecule has 4 heteroatoms. The lowest BCUT2D eigenvalue weighted by Crippen LogP contribution is -2.26. The number of aromatic carboxylic acids is 1. The standard InChI is InChI=1S/C16H15NO3/c1-11(12-5-3-2-4-6-12)17-15(18)13-7-9-14(10-8-13)16(19)20/h2-11H,1H3,(H,17,18)(H,19,20). The van der Waals surface area contributed by atoms with Gasteiger partial charge in [-0.1, -0.05) is 30.3 Å². The van der Waals surface area contributed by atoms with Gasteiger partial charge in [0.05, 0.1) is 11.6 Å². The van der Waals surface area contributed by atoms with E-state index in [4.69, 9.17) is 5.11 Å². The zero-order valence-corrected chi connectivity index (χ0v) is 11.0. The van der Waals surface area contributed by atoms with Gasteiger partial charge >= 0.3 is 5.97 Å². The van der Waals surface area contributed by atoms with E-state index in [2.05, 4.69) is 5.32 Å². The Morgan fingerprint density at radius 3 is 2.05 bits per heavy atom. The number of hydrogen-bond donors (Lipinski definition) is 2. The highest BCUT2D eigenvalue weighted by Crippen LogP contribution is 2.12. The van der Waals surface area contributed by atoms with Gasteiger partial charge in [-0.2, -0.15) is 0 Å². The highest BCUT2D eigenvalue weighted by atomic mass is 16.4. The summed E-state index contributed by atoms with van der Waals surface area (Å²) in [7, 11) is 0. The quantitative estimate of drug-likeness (QED) is 0.896. The van der Waals surface area contributed by atoms with Crippen LogP contribution in [0.5, 0.6) is 0 Å². The largest absolute Gasteiger partial charge is 0.478 e. The third-order valence-electron chi connectivity index (χ3n) is 3.04. The molecule has 0 radical (unpaired) electrons. The molecule has 1 atom stereocenters. The maximum atomic E-state index is 12.1. The normalized spacial score (nSPS) is 11.7. The average molecular weight is 269 g/mol. The first kappa shape index (κ1) is 13.8. The Bertz CT molecular complexity index is 605. The van der Waals surface area contributed by atoms with Crippen molar-refractivity contribution in [2.45, 2.75) is 13.0 Å². The lowest BCUT2D eigenvalue weighted by Gasteiger charge is -2.14. The van der Waals surface area contributed by atoms with Crippen LogP contribution >= 0.6 is 0 Å². The Kier molecular flexibility index (Phi) is 4.15. The van der Waals surface area contributed by atoms with Crippen molar-refractivity contribution in [1.29, 1.82) is 0 Å². The minimum Gasteiger partial charge on any atom is -0.478 e. The first-order valence-electron chi connectivity index (χ1n) is 6.27. The summed E-state index contributed by atoms with van der Waals surface area (Å²) in [6.07, 6.45) is 0. The third-order valence-corrected chi connectivity index (χ3v) is 3.04. The molecule has 0 bridgehead atoms. The molecule has 0 aliphatic heterocycles. The molecule has 0 aromatic heterocycles. The minimum atomic E-state index is -1.00. The van der Waals surface area contributed by atoms with Gasteiger partial charge in [-0.25, -0.2) is 4.79 Å². The maximum Gasteiger partial charge on any atom is 0.335 e. The van der Waals surface area contributed by atoms with E-state index in [0.717, 1.165) is 5.56 Å². The predicted molar refractivity (Wildman–Crippen MR) is 75.7 cm³/mol. The van der Waals surface area contributed by atoms with E-state index < -0.39 is 5.97 Å². The second kappa shape index (κ2) is 6.02. The molecule has 2 aromatic carbocycles. The van der Waals surface area contributed by atoms with E-state index in [9.17, 15) is 9.59 Å². The van der Waals surface area contributed by atoms with E-state index in [1.54, 1.807) is 0 Å². The smallest absolute Gasteiger partial charge is 0.335 e. The van der Waals surface area contributed by atoms with Crippen LogP contribution < -0.4 is 5.32 Å². The molecule has 2 aromatic rings. The van der Waals surface area contributed by atoms with Crippen molar-refractivity contribution in [1.82, 2.24) is 5.32 Å². The monoisotopic (exact) mass is 269 g/mol. The fourth-order valence-electron chi connectivity index (χ4n) is 1.87. The molecule has 0 aliphatic carbocycles. The van der Waals surface area contributed by atoms with Crippen molar-refractivity contribution in [2.24, 2.45) is 0 Å². The van der Waals surface area contributed by atoms with Crippen LogP contribution in [-0.4, -0.2) is 17.0 Å². The molecule has 2 rings (SSSR count). The highest BCUT2D eigenvalue weighted by Gasteiger charge is 2.11. The SMILES string of the molecule is CC(NC(=O)c1ccc(C(=O)O)cc1)c1ccccc1. The molecule has 0 saturated carbocycles. The van der Waals surface area contributed by atoms with Crippen LogP contribution in [0.3, 0.4) is 0 Å². The van der Waals surface area contributed by atoms with Crippen molar-refractivity contribution < 1.29 is 14.7 Å². The molecule has 0 aliphatic rings.